The molecule has 1 aromatic carbocycles. The molecule has 0 unspecified atom stereocenters. The van der Waals surface area contributed by atoms with Gasteiger partial charge in [0, 0.05) is 43.8 Å². The zero-order valence-electron chi connectivity index (χ0n) is 19.8. The fraction of sp³-hybridized carbons (Fsp3) is 0.609. The van der Waals surface area contributed by atoms with E-state index in [0.29, 0.717) is 12.4 Å². The zero-order chi connectivity index (χ0) is 24.3. The number of hydrogen-bond acceptors (Lipinski definition) is 6. The van der Waals surface area contributed by atoms with Crippen molar-refractivity contribution in [1.82, 2.24) is 24.8 Å². The molecule has 2 aromatic rings. The number of aromatic nitrogens is 2. The van der Waals surface area contributed by atoms with Gasteiger partial charge in [-0.15, -0.1) is 0 Å². The summed E-state index contributed by atoms with van der Waals surface area (Å²) < 4.78 is 44.4. The molecule has 10 heteroatoms. The summed E-state index contributed by atoms with van der Waals surface area (Å²) in [6.07, 6.45) is -4.43. The van der Waals surface area contributed by atoms with E-state index >= 15 is 0 Å². The number of alkyl halides is 3. The van der Waals surface area contributed by atoms with Gasteiger partial charge in [0.25, 0.3) is 0 Å². The first-order valence-corrected chi connectivity index (χ1v) is 11.3. The van der Waals surface area contributed by atoms with E-state index in [1.807, 2.05) is 39.5 Å². The minimum Gasteiger partial charge on any atom is -0.337 e. The second-order valence-electron chi connectivity index (χ2n) is 9.01. The Morgan fingerprint density at radius 3 is 2.30 bits per heavy atom. The molecule has 0 bridgehead atoms. The lowest BCUT2D eigenvalue weighted by Crippen LogP contribution is -2.52. The molecule has 3 rings (SSSR count). The van der Waals surface area contributed by atoms with Crippen LogP contribution in [-0.4, -0.2) is 75.6 Å². The minimum absolute atomic E-state index is 0.129. The molecule has 1 fully saturated rings. The highest BCUT2D eigenvalue weighted by Crippen LogP contribution is 2.32. The Labute approximate surface area is 192 Å². The van der Waals surface area contributed by atoms with Gasteiger partial charge in [0.05, 0.1) is 18.2 Å². The number of hydrogen-bond donors (Lipinski definition) is 0. The fourth-order valence-electron chi connectivity index (χ4n) is 4.27. The summed E-state index contributed by atoms with van der Waals surface area (Å²) in [7, 11) is 0. The van der Waals surface area contributed by atoms with E-state index < -0.39 is 11.7 Å². The number of carbonyl (C=O) groups is 1. The molecule has 0 radical (unpaired) electrons. The number of carbonyl (C=O) groups excluding carboxylic acids is 1. The normalized spacial score (nSPS) is 17.0. The Kier molecular flexibility index (Phi) is 7.79. The molecule has 0 N–H and O–H groups in total. The average molecular weight is 468 g/mol. The number of benzene rings is 1. The van der Waals surface area contributed by atoms with Crippen LogP contribution in [0.15, 0.2) is 28.8 Å². The predicted octanol–water partition coefficient (Wildman–Crippen LogP) is 4.08. The van der Waals surface area contributed by atoms with Gasteiger partial charge in [-0.1, -0.05) is 17.3 Å². The van der Waals surface area contributed by atoms with Crippen LogP contribution < -0.4 is 0 Å². The van der Waals surface area contributed by atoms with Crippen molar-refractivity contribution < 1.29 is 22.5 Å². The summed E-state index contributed by atoms with van der Waals surface area (Å²) in [6.45, 7) is 13.3. The maximum Gasteiger partial charge on any atom is 0.416 e. The van der Waals surface area contributed by atoms with Crippen molar-refractivity contribution in [3.8, 4) is 11.4 Å². The second-order valence-corrected chi connectivity index (χ2v) is 9.01. The zero-order valence-corrected chi connectivity index (χ0v) is 19.8. The lowest BCUT2D eigenvalue weighted by molar-refractivity contribution is -0.138. The first-order chi connectivity index (χ1) is 15.5. The van der Waals surface area contributed by atoms with Crippen molar-refractivity contribution in [2.24, 2.45) is 0 Å². The summed E-state index contributed by atoms with van der Waals surface area (Å²) in [4.78, 5) is 23.3. The molecule has 0 spiro atoms. The molecule has 1 amide bonds. The van der Waals surface area contributed by atoms with Crippen molar-refractivity contribution in [1.29, 1.82) is 0 Å². The quantitative estimate of drug-likeness (QED) is 0.612. The summed E-state index contributed by atoms with van der Waals surface area (Å²) >= 11 is 0. The van der Waals surface area contributed by atoms with Crippen LogP contribution in [0.2, 0.25) is 0 Å². The SMILES string of the molecule is CC(C)N(C(=O)CN1CCN([C@H](C)c2nc(-c3cccc(C(F)(F)F)c3)no2)CC1)C(C)C. The summed E-state index contributed by atoms with van der Waals surface area (Å²) in [5.41, 5.74) is -0.492. The van der Waals surface area contributed by atoms with Crippen LogP contribution in [0.3, 0.4) is 0 Å². The molecule has 182 valence electrons. The van der Waals surface area contributed by atoms with E-state index in [4.69, 9.17) is 4.52 Å². The van der Waals surface area contributed by atoms with Crippen molar-refractivity contribution in [3.05, 3.63) is 35.7 Å². The first-order valence-electron chi connectivity index (χ1n) is 11.3. The van der Waals surface area contributed by atoms with E-state index in [9.17, 15) is 18.0 Å². The first kappa shape index (κ1) is 25.2. The van der Waals surface area contributed by atoms with Gasteiger partial charge in [-0.3, -0.25) is 14.6 Å². The molecule has 33 heavy (non-hydrogen) atoms. The second kappa shape index (κ2) is 10.2. The maximum atomic E-state index is 13.0. The Hall–Kier alpha value is -2.46. The highest BCUT2D eigenvalue weighted by atomic mass is 19.4. The Bertz CT molecular complexity index is 928. The topological polar surface area (TPSA) is 65.7 Å². The number of halogens is 3. The third-order valence-electron chi connectivity index (χ3n) is 5.96. The molecule has 0 saturated carbocycles. The van der Waals surface area contributed by atoms with Crippen LogP contribution in [0.5, 0.6) is 0 Å². The van der Waals surface area contributed by atoms with Gasteiger partial charge in [-0.05, 0) is 46.8 Å². The number of piperazine rings is 1. The van der Waals surface area contributed by atoms with Gasteiger partial charge >= 0.3 is 6.18 Å². The highest BCUT2D eigenvalue weighted by Gasteiger charge is 2.31. The van der Waals surface area contributed by atoms with Crippen LogP contribution in [0.4, 0.5) is 13.2 Å². The summed E-state index contributed by atoms with van der Waals surface area (Å²) in [6, 6.07) is 5.02. The standard InChI is InChI=1S/C23H32F3N5O2/c1-15(2)31(16(3)4)20(32)14-29-9-11-30(12-10-29)17(5)22-27-21(28-33-22)18-7-6-8-19(13-18)23(24,25)26/h6-8,13,15-17H,9-12,14H2,1-5H3/t17-/m1/s1. The van der Waals surface area contributed by atoms with Crippen molar-refractivity contribution in [3.63, 3.8) is 0 Å². The van der Waals surface area contributed by atoms with Crippen molar-refractivity contribution in [2.45, 2.75) is 58.9 Å². The maximum absolute atomic E-state index is 13.0. The largest absolute Gasteiger partial charge is 0.416 e. The molecule has 7 nitrogen and oxygen atoms in total. The van der Waals surface area contributed by atoms with Crippen molar-refractivity contribution >= 4 is 5.91 Å². The molecule has 0 aliphatic carbocycles. The minimum atomic E-state index is -4.43. The lowest BCUT2D eigenvalue weighted by Gasteiger charge is -2.38. The van der Waals surface area contributed by atoms with Gasteiger partial charge in [0.15, 0.2) is 0 Å². The highest BCUT2D eigenvalue weighted by molar-refractivity contribution is 5.78. The third kappa shape index (κ3) is 6.11. The van der Waals surface area contributed by atoms with Crippen LogP contribution in [-0.2, 0) is 11.0 Å². The Balaban J connectivity index is 1.59. The van der Waals surface area contributed by atoms with Crippen LogP contribution in [0, 0.1) is 0 Å². The van der Waals surface area contributed by atoms with Crippen molar-refractivity contribution in [2.75, 3.05) is 32.7 Å². The predicted molar refractivity (Wildman–Crippen MR) is 118 cm³/mol. The lowest BCUT2D eigenvalue weighted by atomic mass is 10.1. The molecule has 1 saturated heterocycles. The number of rotatable bonds is 7. The van der Waals surface area contributed by atoms with E-state index in [2.05, 4.69) is 19.9 Å². The summed E-state index contributed by atoms with van der Waals surface area (Å²) in [5.74, 6) is 0.622. The number of amides is 1. The fourth-order valence-corrected chi connectivity index (χ4v) is 4.27. The summed E-state index contributed by atoms with van der Waals surface area (Å²) in [5, 5.41) is 3.89. The molecule has 1 aliphatic heterocycles. The van der Waals surface area contributed by atoms with Crippen LogP contribution in [0.1, 0.15) is 52.1 Å². The Morgan fingerprint density at radius 2 is 1.73 bits per heavy atom. The van der Waals surface area contributed by atoms with Gasteiger partial charge in [-0.2, -0.15) is 18.2 Å². The van der Waals surface area contributed by atoms with E-state index in [1.54, 1.807) is 0 Å². The van der Waals surface area contributed by atoms with E-state index in [1.165, 1.54) is 12.1 Å². The van der Waals surface area contributed by atoms with Gasteiger partial charge in [0.1, 0.15) is 0 Å². The average Bonchev–Trinajstić information content (AvgIpc) is 3.23. The van der Waals surface area contributed by atoms with Crippen LogP contribution >= 0.6 is 0 Å². The van der Waals surface area contributed by atoms with Crippen LogP contribution in [0.25, 0.3) is 11.4 Å². The molecular weight excluding hydrogens is 435 g/mol. The molecule has 1 aliphatic rings. The Morgan fingerprint density at radius 1 is 1.09 bits per heavy atom. The van der Waals surface area contributed by atoms with Gasteiger partial charge in [0.2, 0.25) is 17.6 Å². The molecule has 2 heterocycles. The molecule has 1 aromatic heterocycles. The smallest absolute Gasteiger partial charge is 0.337 e. The number of nitrogens with zero attached hydrogens (tertiary/aromatic N) is 5. The molecule has 1 atom stereocenters. The monoisotopic (exact) mass is 467 g/mol. The molecular formula is C23H32F3N5O2. The van der Waals surface area contributed by atoms with Gasteiger partial charge < -0.3 is 9.42 Å². The van der Waals surface area contributed by atoms with E-state index in [-0.39, 0.29) is 35.4 Å². The third-order valence-corrected chi connectivity index (χ3v) is 5.96. The van der Waals surface area contributed by atoms with E-state index in [0.717, 1.165) is 38.3 Å². The van der Waals surface area contributed by atoms with Gasteiger partial charge in [-0.25, -0.2) is 0 Å².